The van der Waals surface area contributed by atoms with Gasteiger partial charge in [0.25, 0.3) is 0 Å². The van der Waals surface area contributed by atoms with E-state index in [0.717, 1.165) is 30.4 Å². The Morgan fingerprint density at radius 1 is 1.12 bits per heavy atom. The summed E-state index contributed by atoms with van der Waals surface area (Å²) in [5.74, 6) is -0.875. The molecule has 2 aromatic carbocycles. The molecule has 0 atom stereocenters. The van der Waals surface area contributed by atoms with E-state index in [4.69, 9.17) is 19.6 Å². The van der Waals surface area contributed by atoms with Crippen LogP contribution in [0.4, 0.5) is 0 Å². The number of allylic oxidation sites excluding steroid dienone is 1. The van der Waals surface area contributed by atoms with Gasteiger partial charge in [-0.2, -0.15) is 0 Å². The standard InChI is InChI=1S/C27H33N3O4/c1-5-7-14-24-28-26(27(33-3,34-4)17-8-6-2)29-30(24)19-20-15-16-22(23(18-20)25(31)32)21-12-10-9-11-13-21/h7,9-16,18H,5-6,8,17,19H2,1-4H3,(H,31,32)/b14-7+. The molecule has 0 fully saturated rings. The molecule has 0 aliphatic rings. The maximum Gasteiger partial charge on any atom is 0.336 e. The Labute approximate surface area is 201 Å². The van der Waals surface area contributed by atoms with E-state index in [9.17, 15) is 9.90 Å². The Hall–Kier alpha value is -3.29. The Bertz CT molecular complexity index is 1120. The first-order valence-corrected chi connectivity index (χ1v) is 11.6. The van der Waals surface area contributed by atoms with Crippen molar-refractivity contribution >= 4 is 12.0 Å². The number of nitrogens with zero attached hydrogens (tertiary/aromatic N) is 3. The van der Waals surface area contributed by atoms with E-state index in [1.165, 1.54) is 0 Å². The molecule has 0 amide bonds. The Kier molecular flexibility index (Phi) is 8.73. The van der Waals surface area contributed by atoms with Crippen LogP contribution in [0.15, 0.2) is 54.6 Å². The molecule has 0 aliphatic carbocycles. The molecule has 0 bridgehead atoms. The Morgan fingerprint density at radius 3 is 2.47 bits per heavy atom. The van der Waals surface area contributed by atoms with Gasteiger partial charge in [-0.25, -0.2) is 14.5 Å². The lowest BCUT2D eigenvalue weighted by Gasteiger charge is -2.27. The molecule has 1 N–H and O–H groups in total. The summed E-state index contributed by atoms with van der Waals surface area (Å²) < 4.78 is 13.3. The van der Waals surface area contributed by atoms with E-state index in [2.05, 4.69) is 13.8 Å². The molecule has 0 saturated heterocycles. The zero-order valence-electron chi connectivity index (χ0n) is 20.3. The van der Waals surface area contributed by atoms with Crippen molar-refractivity contribution in [1.29, 1.82) is 0 Å². The molecule has 34 heavy (non-hydrogen) atoms. The second kappa shape index (κ2) is 11.7. The van der Waals surface area contributed by atoms with E-state index < -0.39 is 11.8 Å². The van der Waals surface area contributed by atoms with Crippen molar-refractivity contribution in [2.24, 2.45) is 0 Å². The lowest BCUT2D eigenvalue weighted by molar-refractivity contribution is -0.226. The SMILES string of the molecule is CC/C=C/c1nc(C(CCCC)(OC)OC)nn1Cc1ccc(-c2ccccc2)c(C(=O)O)c1. The van der Waals surface area contributed by atoms with Gasteiger partial charge in [0, 0.05) is 20.6 Å². The number of methoxy groups -OCH3 is 2. The summed E-state index contributed by atoms with van der Waals surface area (Å²) in [6.07, 6.45) is 7.31. The van der Waals surface area contributed by atoms with Gasteiger partial charge < -0.3 is 14.6 Å². The van der Waals surface area contributed by atoms with Crippen molar-refractivity contribution in [3.63, 3.8) is 0 Å². The fourth-order valence-corrected chi connectivity index (χ4v) is 3.88. The molecule has 180 valence electrons. The smallest absolute Gasteiger partial charge is 0.336 e. The van der Waals surface area contributed by atoms with Gasteiger partial charge in [0.05, 0.1) is 12.1 Å². The molecule has 0 saturated carbocycles. The molecule has 3 rings (SSSR count). The van der Waals surface area contributed by atoms with Gasteiger partial charge >= 0.3 is 5.97 Å². The van der Waals surface area contributed by atoms with Gasteiger partial charge in [0.2, 0.25) is 11.6 Å². The normalized spacial score (nSPS) is 11.9. The van der Waals surface area contributed by atoms with Crippen LogP contribution in [0.25, 0.3) is 17.2 Å². The molecule has 0 aliphatic heterocycles. The number of carboxylic acids is 1. The molecule has 7 heteroatoms. The second-order valence-electron chi connectivity index (χ2n) is 8.08. The highest BCUT2D eigenvalue weighted by atomic mass is 16.7. The second-order valence-corrected chi connectivity index (χ2v) is 8.08. The highest BCUT2D eigenvalue weighted by molar-refractivity contribution is 5.96. The van der Waals surface area contributed by atoms with Crippen LogP contribution in [-0.2, 0) is 21.8 Å². The summed E-state index contributed by atoms with van der Waals surface area (Å²) in [6, 6.07) is 15.0. The highest BCUT2D eigenvalue weighted by Gasteiger charge is 2.36. The maximum atomic E-state index is 12.0. The van der Waals surface area contributed by atoms with Gasteiger partial charge in [-0.15, -0.1) is 5.10 Å². The van der Waals surface area contributed by atoms with Crippen LogP contribution >= 0.6 is 0 Å². The Balaban J connectivity index is 2.02. The first-order chi connectivity index (χ1) is 16.5. The van der Waals surface area contributed by atoms with Gasteiger partial charge in [0.15, 0.2) is 5.82 Å². The van der Waals surface area contributed by atoms with Crippen LogP contribution in [0.5, 0.6) is 0 Å². The maximum absolute atomic E-state index is 12.0. The minimum atomic E-state index is -1.03. The van der Waals surface area contributed by atoms with Crippen molar-refractivity contribution in [2.45, 2.75) is 51.9 Å². The third-order valence-electron chi connectivity index (χ3n) is 5.79. The molecular formula is C27H33N3O4. The van der Waals surface area contributed by atoms with E-state index in [-0.39, 0.29) is 5.56 Å². The number of hydrogen-bond donors (Lipinski definition) is 1. The van der Waals surface area contributed by atoms with E-state index in [1.807, 2.05) is 54.6 Å². The number of benzene rings is 2. The van der Waals surface area contributed by atoms with Gasteiger partial charge in [-0.3, -0.25) is 0 Å². The third-order valence-corrected chi connectivity index (χ3v) is 5.79. The highest BCUT2D eigenvalue weighted by Crippen LogP contribution is 2.30. The fourth-order valence-electron chi connectivity index (χ4n) is 3.88. The van der Waals surface area contributed by atoms with Crippen molar-refractivity contribution in [1.82, 2.24) is 14.8 Å². The molecular weight excluding hydrogens is 430 g/mol. The number of aromatic carboxylic acids is 1. The predicted molar refractivity (Wildman–Crippen MR) is 133 cm³/mol. The topological polar surface area (TPSA) is 86.5 Å². The van der Waals surface area contributed by atoms with E-state index in [1.54, 1.807) is 25.0 Å². The number of hydrogen-bond acceptors (Lipinski definition) is 5. The molecule has 0 spiro atoms. The average molecular weight is 464 g/mol. The summed E-state index contributed by atoms with van der Waals surface area (Å²) in [5, 5.41) is 14.6. The number of carbonyl (C=O) groups is 1. The lowest BCUT2D eigenvalue weighted by atomic mass is 9.97. The number of aromatic nitrogens is 3. The summed E-state index contributed by atoms with van der Waals surface area (Å²) in [7, 11) is 3.20. The average Bonchev–Trinajstić information content (AvgIpc) is 3.27. The largest absolute Gasteiger partial charge is 0.478 e. The number of unbranched alkanes of at least 4 members (excludes halogenated alkanes) is 1. The van der Waals surface area contributed by atoms with Crippen LogP contribution in [0, 0.1) is 0 Å². The molecule has 1 heterocycles. The zero-order chi connectivity index (χ0) is 24.6. The van der Waals surface area contributed by atoms with Gasteiger partial charge in [-0.1, -0.05) is 68.8 Å². The third kappa shape index (κ3) is 5.61. The lowest BCUT2D eigenvalue weighted by Crippen LogP contribution is -2.32. The predicted octanol–water partition coefficient (Wildman–Crippen LogP) is 5.75. The van der Waals surface area contributed by atoms with E-state index >= 15 is 0 Å². The molecule has 1 aromatic heterocycles. The van der Waals surface area contributed by atoms with Crippen LogP contribution < -0.4 is 0 Å². The summed E-state index contributed by atoms with van der Waals surface area (Å²) in [6.45, 7) is 4.52. The minimum absolute atomic E-state index is 0.251. The van der Waals surface area contributed by atoms with Crippen LogP contribution in [0.3, 0.4) is 0 Å². The van der Waals surface area contributed by atoms with E-state index in [0.29, 0.717) is 30.2 Å². The molecule has 3 aromatic rings. The number of carboxylic acid groups (broad SMARTS) is 1. The first kappa shape index (κ1) is 25.3. The summed E-state index contributed by atoms with van der Waals surface area (Å²) in [5.41, 5.74) is 2.61. The quantitative estimate of drug-likeness (QED) is 0.344. The fraction of sp³-hybridized carbons (Fsp3) is 0.370. The minimum Gasteiger partial charge on any atom is -0.478 e. The van der Waals surface area contributed by atoms with Crippen molar-refractivity contribution < 1.29 is 19.4 Å². The molecule has 0 unspecified atom stereocenters. The van der Waals surface area contributed by atoms with Gasteiger partial charge in [0.1, 0.15) is 0 Å². The van der Waals surface area contributed by atoms with Crippen LogP contribution in [0.2, 0.25) is 0 Å². The van der Waals surface area contributed by atoms with Crippen molar-refractivity contribution in [3.05, 3.63) is 77.4 Å². The summed E-state index contributed by atoms with van der Waals surface area (Å²) >= 11 is 0. The molecule has 7 nitrogen and oxygen atoms in total. The first-order valence-electron chi connectivity index (χ1n) is 11.6. The summed E-state index contributed by atoms with van der Waals surface area (Å²) in [4.78, 5) is 16.8. The number of rotatable bonds is 12. The van der Waals surface area contributed by atoms with Crippen LogP contribution in [0.1, 0.15) is 67.1 Å². The number of ether oxygens (including phenoxy) is 2. The molecule has 0 radical (unpaired) electrons. The van der Waals surface area contributed by atoms with Gasteiger partial charge in [-0.05, 0) is 41.7 Å². The zero-order valence-corrected chi connectivity index (χ0v) is 20.3. The Morgan fingerprint density at radius 2 is 1.85 bits per heavy atom. The van der Waals surface area contributed by atoms with Crippen molar-refractivity contribution in [2.75, 3.05) is 14.2 Å². The van der Waals surface area contributed by atoms with Crippen molar-refractivity contribution in [3.8, 4) is 11.1 Å². The van der Waals surface area contributed by atoms with Crippen LogP contribution in [-0.4, -0.2) is 40.1 Å². The monoisotopic (exact) mass is 463 g/mol.